The van der Waals surface area contributed by atoms with Crippen LogP contribution < -0.4 is 10.6 Å². The number of carbonyl (C=O) groups excluding carboxylic acids is 2. The minimum atomic E-state index is -3.81. The predicted octanol–water partition coefficient (Wildman–Crippen LogP) is 2.04. The number of halogens is 1. The summed E-state index contributed by atoms with van der Waals surface area (Å²) in [7, 11) is -3.81. The molecule has 2 aliphatic rings. The Hall–Kier alpha value is -2.00. The van der Waals surface area contributed by atoms with Crippen molar-refractivity contribution < 1.29 is 22.4 Å². The molecule has 2 N–H and O–H groups in total. The first-order valence-corrected chi connectivity index (χ1v) is 12.0. The van der Waals surface area contributed by atoms with Gasteiger partial charge >= 0.3 is 0 Å². The number of carbonyl (C=O) groups is 2. The lowest BCUT2D eigenvalue weighted by Gasteiger charge is -2.32. The van der Waals surface area contributed by atoms with Gasteiger partial charge in [0.25, 0.3) is 0 Å². The normalized spacial score (nSPS) is 22.2. The Kier molecular flexibility index (Phi) is 7.13. The molecule has 30 heavy (non-hydrogen) atoms. The third kappa shape index (κ3) is 5.37. The maximum atomic E-state index is 13.2. The van der Waals surface area contributed by atoms with Crippen LogP contribution in [-0.2, 0) is 19.6 Å². The van der Waals surface area contributed by atoms with Crippen LogP contribution in [0, 0.1) is 17.7 Å². The molecule has 1 saturated carbocycles. The van der Waals surface area contributed by atoms with Crippen molar-refractivity contribution in [3.63, 3.8) is 0 Å². The zero-order valence-corrected chi connectivity index (χ0v) is 18.3. The molecule has 2 unspecified atom stereocenters. The second-order valence-electron chi connectivity index (χ2n) is 8.31. The van der Waals surface area contributed by atoms with Gasteiger partial charge < -0.3 is 10.6 Å². The highest BCUT2D eigenvalue weighted by atomic mass is 32.2. The van der Waals surface area contributed by atoms with E-state index in [-0.39, 0.29) is 35.2 Å². The summed E-state index contributed by atoms with van der Waals surface area (Å²) in [6.45, 7) is 4.24. The fourth-order valence-corrected chi connectivity index (χ4v) is 5.15. The molecule has 1 aromatic carbocycles. The van der Waals surface area contributed by atoms with E-state index in [4.69, 9.17) is 0 Å². The third-order valence-electron chi connectivity index (χ3n) is 5.92. The van der Waals surface area contributed by atoms with E-state index in [2.05, 4.69) is 10.6 Å². The number of nitrogens with one attached hydrogen (secondary N) is 2. The van der Waals surface area contributed by atoms with E-state index in [0.717, 1.165) is 31.4 Å². The maximum Gasteiger partial charge on any atom is 0.243 e. The molecule has 0 bridgehead atoms. The van der Waals surface area contributed by atoms with Crippen molar-refractivity contribution >= 4 is 21.8 Å². The monoisotopic (exact) mass is 439 g/mol. The summed E-state index contributed by atoms with van der Waals surface area (Å²) in [5, 5.41) is 5.81. The average Bonchev–Trinajstić information content (AvgIpc) is 3.55. The van der Waals surface area contributed by atoms with E-state index in [1.165, 1.54) is 16.4 Å². The highest BCUT2D eigenvalue weighted by molar-refractivity contribution is 7.89. The van der Waals surface area contributed by atoms with Crippen molar-refractivity contribution in [3.8, 4) is 0 Å². The molecule has 2 fully saturated rings. The lowest BCUT2D eigenvalue weighted by atomic mass is 9.95. The molecule has 7 nitrogen and oxygen atoms in total. The number of rotatable bonds is 8. The van der Waals surface area contributed by atoms with Gasteiger partial charge in [-0.05, 0) is 55.9 Å². The van der Waals surface area contributed by atoms with Crippen molar-refractivity contribution in [1.82, 2.24) is 14.9 Å². The second-order valence-corrected chi connectivity index (χ2v) is 10.2. The SMILES string of the molecule is CCC(C)[C@@H](NC(=O)C1CCCN(S(=O)(=O)c2ccc(F)cc2)C1)C(=O)NC1CC1. The van der Waals surface area contributed by atoms with E-state index in [1.54, 1.807) is 0 Å². The van der Waals surface area contributed by atoms with Crippen LogP contribution in [-0.4, -0.2) is 49.7 Å². The molecule has 1 heterocycles. The molecular weight excluding hydrogens is 409 g/mol. The molecule has 0 aromatic heterocycles. The van der Waals surface area contributed by atoms with Crippen LogP contribution in [0.15, 0.2) is 29.2 Å². The van der Waals surface area contributed by atoms with E-state index in [9.17, 15) is 22.4 Å². The Balaban J connectivity index is 1.67. The molecule has 0 radical (unpaired) electrons. The average molecular weight is 440 g/mol. The Morgan fingerprint density at radius 2 is 1.87 bits per heavy atom. The number of hydrogen-bond donors (Lipinski definition) is 2. The minimum absolute atomic E-state index is 0.00579. The molecule has 166 valence electrons. The molecular formula is C21H30FN3O4S. The lowest BCUT2D eigenvalue weighted by Crippen LogP contribution is -2.54. The predicted molar refractivity (Wildman–Crippen MR) is 110 cm³/mol. The van der Waals surface area contributed by atoms with Gasteiger partial charge in [-0.1, -0.05) is 20.3 Å². The summed E-state index contributed by atoms with van der Waals surface area (Å²) in [5.74, 6) is -1.55. The van der Waals surface area contributed by atoms with Crippen molar-refractivity contribution in [2.75, 3.05) is 13.1 Å². The first-order valence-electron chi connectivity index (χ1n) is 10.6. The van der Waals surface area contributed by atoms with Gasteiger partial charge in [-0.15, -0.1) is 0 Å². The van der Waals surface area contributed by atoms with Crippen LogP contribution >= 0.6 is 0 Å². The van der Waals surface area contributed by atoms with Crippen LogP contribution in [0.4, 0.5) is 4.39 Å². The van der Waals surface area contributed by atoms with E-state index < -0.39 is 27.8 Å². The molecule has 1 saturated heterocycles. The maximum absolute atomic E-state index is 13.2. The minimum Gasteiger partial charge on any atom is -0.352 e. The summed E-state index contributed by atoms with van der Waals surface area (Å²) >= 11 is 0. The fourth-order valence-electron chi connectivity index (χ4n) is 3.62. The summed E-state index contributed by atoms with van der Waals surface area (Å²) in [6.07, 6.45) is 3.76. The summed E-state index contributed by atoms with van der Waals surface area (Å²) in [5.41, 5.74) is 0. The Morgan fingerprint density at radius 3 is 2.47 bits per heavy atom. The lowest BCUT2D eigenvalue weighted by molar-refractivity contribution is -0.133. The van der Waals surface area contributed by atoms with E-state index in [0.29, 0.717) is 19.4 Å². The van der Waals surface area contributed by atoms with Crippen LogP contribution in [0.25, 0.3) is 0 Å². The Morgan fingerprint density at radius 1 is 1.20 bits per heavy atom. The Bertz CT molecular complexity index is 871. The molecule has 9 heteroatoms. The zero-order valence-electron chi connectivity index (χ0n) is 17.4. The topological polar surface area (TPSA) is 95.6 Å². The van der Waals surface area contributed by atoms with Crippen LogP contribution in [0.1, 0.15) is 46.0 Å². The summed E-state index contributed by atoms with van der Waals surface area (Å²) in [4.78, 5) is 25.5. The quantitative estimate of drug-likeness (QED) is 0.648. The number of sulfonamides is 1. The first-order chi connectivity index (χ1) is 14.2. The molecule has 1 aliphatic carbocycles. The number of nitrogens with zero attached hydrogens (tertiary/aromatic N) is 1. The van der Waals surface area contributed by atoms with Gasteiger partial charge in [0.15, 0.2) is 0 Å². The summed E-state index contributed by atoms with van der Waals surface area (Å²) in [6, 6.07) is 4.25. The highest BCUT2D eigenvalue weighted by Gasteiger charge is 2.36. The van der Waals surface area contributed by atoms with Crippen molar-refractivity contribution in [2.45, 2.75) is 62.9 Å². The van der Waals surface area contributed by atoms with Gasteiger partial charge in [0.2, 0.25) is 21.8 Å². The zero-order chi connectivity index (χ0) is 21.9. The molecule has 1 aliphatic heterocycles. The fraction of sp³-hybridized carbons (Fsp3) is 0.619. The van der Waals surface area contributed by atoms with Crippen molar-refractivity contribution in [3.05, 3.63) is 30.1 Å². The van der Waals surface area contributed by atoms with Gasteiger partial charge in [0.1, 0.15) is 11.9 Å². The smallest absolute Gasteiger partial charge is 0.243 e. The van der Waals surface area contributed by atoms with Gasteiger partial charge in [-0.25, -0.2) is 12.8 Å². The molecule has 0 spiro atoms. The van der Waals surface area contributed by atoms with Crippen LogP contribution in [0.2, 0.25) is 0 Å². The Labute approximate surface area is 177 Å². The number of hydrogen-bond acceptors (Lipinski definition) is 4. The van der Waals surface area contributed by atoms with Gasteiger partial charge in [-0.2, -0.15) is 4.31 Å². The third-order valence-corrected chi connectivity index (χ3v) is 7.80. The van der Waals surface area contributed by atoms with Gasteiger partial charge in [0.05, 0.1) is 10.8 Å². The number of piperidine rings is 1. The van der Waals surface area contributed by atoms with Crippen LogP contribution in [0.5, 0.6) is 0 Å². The molecule has 3 rings (SSSR count). The molecule has 3 atom stereocenters. The standard InChI is InChI=1S/C21H30FN3O4S/c1-3-14(2)19(21(27)23-17-8-9-17)24-20(26)15-5-4-12-25(13-15)30(28,29)18-10-6-16(22)7-11-18/h6-7,10-11,14-15,17,19H,3-5,8-9,12-13H2,1-2H3,(H,23,27)(H,24,26)/t14?,15?,19-/m1/s1. The van der Waals surface area contributed by atoms with E-state index in [1.807, 2.05) is 13.8 Å². The highest BCUT2D eigenvalue weighted by Crippen LogP contribution is 2.25. The molecule has 2 amide bonds. The van der Waals surface area contributed by atoms with Crippen molar-refractivity contribution in [1.29, 1.82) is 0 Å². The van der Waals surface area contributed by atoms with Gasteiger partial charge in [-0.3, -0.25) is 9.59 Å². The summed E-state index contributed by atoms with van der Waals surface area (Å²) < 4.78 is 40.2. The van der Waals surface area contributed by atoms with Crippen molar-refractivity contribution in [2.24, 2.45) is 11.8 Å². The number of benzene rings is 1. The second kappa shape index (κ2) is 9.43. The molecule has 1 aromatic rings. The van der Waals surface area contributed by atoms with E-state index >= 15 is 0 Å². The van der Waals surface area contributed by atoms with Gasteiger partial charge in [0, 0.05) is 19.1 Å². The first kappa shape index (κ1) is 22.7. The number of amides is 2. The largest absolute Gasteiger partial charge is 0.352 e. The van der Waals surface area contributed by atoms with Crippen LogP contribution in [0.3, 0.4) is 0 Å².